The quantitative estimate of drug-likeness (QED) is 0.178. The van der Waals surface area contributed by atoms with Crippen LogP contribution in [0.3, 0.4) is 0 Å². The first-order valence-electron chi connectivity index (χ1n) is 17.4. The summed E-state index contributed by atoms with van der Waals surface area (Å²) >= 11 is 0. The zero-order chi connectivity index (χ0) is 31.2. The summed E-state index contributed by atoms with van der Waals surface area (Å²) in [5.41, 5.74) is 12.3. The van der Waals surface area contributed by atoms with Gasteiger partial charge in [0.1, 0.15) is 0 Å². The van der Waals surface area contributed by atoms with E-state index in [1.165, 1.54) is 71.2 Å². The maximum atomic E-state index is 2.80. The summed E-state index contributed by atoms with van der Waals surface area (Å²) in [6.07, 6.45) is 7.04. The summed E-state index contributed by atoms with van der Waals surface area (Å²) in [5, 5.41) is 0. The number of anilines is 4. The van der Waals surface area contributed by atoms with E-state index >= 15 is 0 Å². The van der Waals surface area contributed by atoms with Crippen LogP contribution in [-0.4, -0.2) is 12.1 Å². The summed E-state index contributed by atoms with van der Waals surface area (Å²) in [7, 11) is 0. The van der Waals surface area contributed by atoms with E-state index in [9.17, 15) is 0 Å². The molecular weight excluding hydrogens is 569 g/mol. The highest BCUT2D eigenvalue weighted by molar-refractivity contribution is 5.81. The lowest BCUT2D eigenvalue weighted by Crippen LogP contribution is -2.58. The minimum Gasteiger partial charge on any atom is -0.366 e. The van der Waals surface area contributed by atoms with E-state index in [2.05, 4.69) is 168 Å². The van der Waals surface area contributed by atoms with Gasteiger partial charge in [-0.25, -0.2) is 0 Å². The van der Waals surface area contributed by atoms with Crippen molar-refractivity contribution in [1.82, 2.24) is 0 Å². The maximum Gasteiger partial charge on any atom is 0.0462 e. The third-order valence-corrected chi connectivity index (χ3v) is 10.9. The number of rotatable bonds is 7. The van der Waals surface area contributed by atoms with Crippen LogP contribution in [0.4, 0.5) is 22.7 Å². The summed E-state index contributed by atoms with van der Waals surface area (Å²) in [6, 6.07) is 59.0. The lowest BCUT2D eigenvalue weighted by atomic mass is 9.63. The summed E-state index contributed by atoms with van der Waals surface area (Å²) < 4.78 is 0. The van der Waals surface area contributed by atoms with Crippen molar-refractivity contribution in [1.29, 1.82) is 0 Å². The number of piperidine rings is 2. The molecule has 2 saturated carbocycles. The molecule has 47 heavy (non-hydrogen) atoms. The maximum absolute atomic E-state index is 2.80. The van der Waals surface area contributed by atoms with Crippen molar-refractivity contribution >= 4 is 22.7 Å². The molecule has 0 radical (unpaired) electrons. The van der Waals surface area contributed by atoms with E-state index in [0.717, 1.165) is 41.0 Å². The smallest absolute Gasteiger partial charge is 0.0462 e. The Morgan fingerprint density at radius 1 is 0.362 bits per heavy atom. The number of benzene rings is 6. The molecule has 2 nitrogen and oxygen atoms in total. The number of hydrogen-bond acceptors (Lipinski definition) is 2. The normalized spacial score (nSPS) is 21.1. The number of hydrogen-bond donors (Lipinski definition) is 0. The molecule has 0 amide bonds. The molecule has 4 aliphatic rings. The SMILES string of the molecule is c1ccc(-c2ccc(N(c3ccc(-c4ccccc4)cc3)c3ccc(-c4cccc(N5C6CC7CC(C6)CC5C7)c4)cc3)cc2)cc1. The molecule has 2 aliphatic carbocycles. The second-order valence-corrected chi connectivity index (χ2v) is 13.9. The highest BCUT2D eigenvalue weighted by atomic mass is 15.2. The molecule has 2 heterocycles. The van der Waals surface area contributed by atoms with Crippen molar-refractivity contribution in [2.75, 3.05) is 9.80 Å². The molecule has 0 N–H and O–H groups in total. The molecule has 2 heteroatoms. The van der Waals surface area contributed by atoms with Gasteiger partial charge in [-0.3, -0.25) is 0 Å². The fourth-order valence-electron chi connectivity index (χ4n) is 8.92. The predicted octanol–water partition coefficient (Wildman–Crippen LogP) is 11.9. The van der Waals surface area contributed by atoms with Crippen molar-refractivity contribution in [2.45, 2.75) is 44.2 Å². The van der Waals surface area contributed by atoms with Gasteiger partial charge in [0, 0.05) is 34.8 Å². The second-order valence-electron chi connectivity index (χ2n) is 13.9. The van der Waals surface area contributed by atoms with Crippen LogP contribution in [0.1, 0.15) is 32.1 Å². The van der Waals surface area contributed by atoms with Crippen molar-refractivity contribution in [3.8, 4) is 33.4 Å². The Labute approximate surface area is 279 Å². The Morgan fingerprint density at radius 3 is 1.19 bits per heavy atom. The van der Waals surface area contributed by atoms with Crippen LogP contribution < -0.4 is 9.80 Å². The van der Waals surface area contributed by atoms with Crippen molar-refractivity contribution in [3.63, 3.8) is 0 Å². The molecule has 0 atom stereocenters. The Bertz CT molecular complexity index is 1850. The Balaban J connectivity index is 1.04. The minimum atomic E-state index is 0.735. The average Bonchev–Trinajstić information content (AvgIpc) is 3.13. The lowest BCUT2D eigenvalue weighted by Gasteiger charge is -2.57. The standard InChI is InChI=1S/C45H40N2/c1-3-8-34(9-4-1)36-14-20-40(21-15-36)46(41-22-16-37(17-23-41)35-10-5-2-6-11-35)42-24-18-38(19-25-42)39-12-7-13-43(31-39)47-44-27-32-26-33(29-44)30-45(47)28-32/h1-25,31-33,44-45H,26-30H2. The van der Waals surface area contributed by atoms with Gasteiger partial charge in [-0.15, -0.1) is 0 Å². The van der Waals surface area contributed by atoms with Crippen molar-refractivity contribution in [2.24, 2.45) is 11.8 Å². The minimum absolute atomic E-state index is 0.735. The summed E-state index contributed by atoms with van der Waals surface area (Å²) in [5.74, 6) is 1.94. The fraction of sp³-hybridized carbons (Fsp3) is 0.200. The number of nitrogens with zero attached hydrogens (tertiary/aromatic N) is 2. The van der Waals surface area contributed by atoms with Crippen molar-refractivity contribution < 1.29 is 0 Å². The molecular formula is C45H40N2. The van der Waals surface area contributed by atoms with E-state index in [-0.39, 0.29) is 0 Å². The van der Waals surface area contributed by atoms with Gasteiger partial charge in [-0.05, 0) is 126 Å². The van der Waals surface area contributed by atoms with Gasteiger partial charge in [0.05, 0.1) is 0 Å². The third-order valence-electron chi connectivity index (χ3n) is 10.9. The molecule has 0 aromatic heterocycles. The predicted molar refractivity (Wildman–Crippen MR) is 198 cm³/mol. The van der Waals surface area contributed by atoms with Crippen LogP contribution in [0, 0.1) is 11.8 Å². The van der Waals surface area contributed by atoms with Gasteiger partial charge in [-0.2, -0.15) is 0 Å². The fourth-order valence-corrected chi connectivity index (χ4v) is 8.92. The van der Waals surface area contributed by atoms with Gasteiger partial charge < -0.3 is 9.80 Å². The molecule has 6 aromatic rings. The van der Waals surface area contributed by atoms with Gasteiger partial charge in [0.2, 0.25) is 0 Å². The lowest BCUT2D eigenvalue weighted by molar-refractivity contribution is 0.0900. The Morgan fingerprint density at radius 2 is 0.745 bits per heavy atom. The van der Waals surface area contributed by atoms with Crippen LogP contribution in [0.5, 0.6) is 0 Å². The van der Waals surface area contributed by atoms with Gasteiger partial charge in [-0.1, -0.05) is 109 Å². The Hall–Kier alpha value is -5.08. The molecule has 0 spiro atoms. The van der Waals surface area contributed by atoms with Crippen LogP contribution >= 0.6 is 0 Å². The highest BCUT2D eigenvalue weighted by Gasteiger charge is 2.46. The van der Waals surface area contributed by atoms with Crippen LogP contribution in [0.2, 0.25) is 0 Å². The van der Waals surface area contributed by atoms with Crippen LogP contribution in [-0.2, 0) is 0 Å². The van der Waals surface area contributed by atoms with E-state index in [0.29, 0.717) is 0 Å². The first kappa shape index (κ1) is 28.2. The molecule has 4 fully saturated rings. The molecule has 2 aliphatic heterocycles. The molecule has 230 valence electrons. The Kier molecular flexibility index (Phi) is 7.15. The van der Waals surface area contributed by atoms with Crippen LogP contribution in [0.25, 0.3) is 33.4 Å². The molecule has 4 bridgehead atoms. The van der Waals surface area contributed by atoms with Gasteiger partial charge in [0.15, 0.2) is 0 Å². The molecule has 10 rings (SSSR count). The topological polar surface area (TPSA) is 6.48 Å². The largest absolute Gasteiger partial charge is 0.366 e. The summed E-state index contributed by atoms with van der Waals surface area (Å²) in [6.45, 7) is 0. The third kappa shape index (κ3) is 5.42. The zero-order valence-electron chi connectivity index (χ0n) is 26.8. The molecule has 2 saturated heterocycles. The van der Waals surface area contributed by atoms with Gasteiger partial charge in [0.25, 0.3) is 0 Å². The highest BCUT2D eigenvalue weighted by Crippen LogP contribution is 2.51. The molecule has 0 unspecified atom stereocenters. The van der Waals surface area contributed by atoms with E-state index in [4.69, 9.17) is 0 Å². The zero-order valence-corrected chi connectivity index (χ0v) is 26.8. The summed E-state index contributed by atoms with van der Waals surface area (Å²) in [4.78, 5) is 5.16. The second kappa shape index (κ2) is 11.9. The van der Waals surface area contributed by atoms with Crippen molar-refractivity contribution in [3.05, 3.63) is 158 Å². The first-order valence-corrected chi connectivity index (χ1v) is 17.4. The average molecular weight is 609 g/mol. The van der Waals surface area contributed by atoms with E-state index < -0.39 is 0 Å². The first-order chi connectivity index (χ1) is 23.2. The monoisotopic (exact) mass is 608 g/mol. The van der Waals surface area contributed by atoms with Crippen LogP contribution in [0.15, 0.2) is 158 Å². The van der Waals surface area contributed by atoms with Gasteiger partial charge >= 0.3 is 0 Å². The van der Waals surface area contributed by atoms with E-state index in [1.807, 2.05) is 0 Å². The van der Waals surface area contributed by atoms with E-state index in [1.54, 1.807) is 0 Å². The molecule has 6 aromatic carbocycles.